The van der Waals surface area contributed by atoms with Crippen LogP contribution in [0.1, 0.15) is 5.56 Å². The molecule has 15 heavy (non-hydrogen) atoms. The fraction of sp³-hybridized carbons (Fsp3) is 0.100. The minimum absolute atomic E-state index is 0.192. The van der Waals surface area contributed by atoms with Crippen molar-refractivity contribution in [3.05, 3.63) is 42.2 Å². The van der Waals surface area contributed by atoms with E-state index in [0.717, 1.165) is 10.8 Å². The first-order chi connectivity index (χ1) is 7.06. The number of nitrogens with zero attached hydrogens (tertiary/aromatic N) is 1. The smallest absolute Gasteiger partial charge is 0.236 e. The average Bonchev–Trinajstić information content (AvgIpc) is 2.16. The average molecular weight is 242 g/mol. The van der Waals surface area contributed by atoms with Crippen molar-refractivity contribution in [1.29, 1.82) is 0 Å². The van der Waals surface area contributed by atoms with Crippen molar-refractivity contribution in [2.45, 2.75) is 5.75 Å². The number of benzene rings is 1. The molecule has 0 saturated heterocycles. The third-order valence-corrected chi connectivity index (χ3v) is 3.06. The molecule has 0 radical (unpaired) electrons. The molecule has 78 valence electrons. The fourth-order valence-electron chi connectivity index (χ4n) is 1.48. The molecule has 0 aliphatic carbocycles. The zero-order valence-corrected chi connectivity index (χ0v) is 9.29. The van der Waals surface area contributed by atoms with E-state index in [1.807, 2.05) is 24.3 Å². The van der Waals surface area contributed by atoms with Crippen molar-refractivity contribution in [2.24, 2.45) is 0 Å². The van der Waals surface area contributed by atoms with E-state index < -0.39 is 9.05 Å². The van der Waals surface area contributed by atoms with Crippen LogP contribution in [0.2, 0.25) is 0 Å². The van der Waals surface area contributed by atoms with Crippen LogP contribution in [0.15, 0.2) is 36.7 Å². The van der Waals surface area contributed by atoms with E-state index in [4.69, 9.17) is 10.7 Å². The van der Waals surface area contributed by atoms with E-state index in [2.05, 4.69) is 4.98 Å². The van der Waals surface area contributed by atoms with Gasteiger partial charge in [0.1, 0.15) is 0 Å². The maximum atomic E-state index is 11.0. The Balaban J connectivity index is 2.61. The summed E-state index contributed by atoms with van der Waals surface area (Å²) in [4.78, 5) is 3.97. The van der Waals surface area contributed by atoms with Crippen LogP contribution in [0, 0.1) is 0 Å². The third kappa shape index (κ3) is 2.46. The molecule has 0 saturated carbocycles. The molecule has 0 aliphatic heterocycles. The summed E-state index contributed by atoms with van der Waals surface area (Å²) in [5.74, 6) is -0.192. The Labute approximate surface area is 92.1 Å². The van der Waals surface area contributed by atoms with Crippen LogP contribution in [0.5, 0.6) is 0 Å². The number of pyridine rings is 1. The van der Waals surface area contributed by atoms with Crippen LogP contribution in [-0.2, 0) is 14.8 Å². The van der Waals surface area contributed by atoms with Gasteiger partial charge in [-0.25, -0.2) is 8.42 Å². The lowest BCUT2D eigenvalue weighted by Crippen LogP contribution is -1.96. The van der Waals surface area contributed by atoms with Crippen molar-refractivity contribution in [1.82, 2.24) is 4.98 Å². The van der Waals surface area contributed by atoms with E-state index in [1.54, 1.807) is 6.20 Å². The highest BCUT2D eigenvalue weighted by molar-refractivity contribution is 8.13. The molecule has 0 fully saturated rings. The number of hydrogen-bond donors (Lipinski definition) is 0. The van der Waals surface area contributed by atoms with Crippen LogP contribution in [0.3, 0.4) is 0 Å². The highest BCUT2D eigenvalue weighted by atomic mass is 35.7. The van der Waals surface area contributed by atoms with Gasteiger partial charge in [0, 0.05) is 28.5 Å². The molecule has 0 unspecified atom stereocenters. The lowest BCUT2D eigenvalue weighted by atomic mass is 10.1. The van der Waals surface area contributed by atoms with Gasteiger partial charge in [-0.15, -0.1) is 0 Å². The number of rotatable bonds is 2. The van der Waals surface area contributed by atoms with Crippen molar-refractivity contribution in [2.75, 3.05) is 0 Å². The molecule has 1 heterocycles. The molecule has 0 N–H and O–H groups in total. The highest BCUT2D eigenvalue weighted by Gasteiger charge is 2.10. The molecular formula is C10H8ClNO2S. The molecular weight excluding hydrogens is 234 g/mol. The fourth-order valence-corrected chi connectivity index (χ4v) is 2.43. The second-order valence-corrected chi connectivity index (χ2v) is 5.98. The van der Waals surface area contributed by atoms with E-state index in [-0.39, 0.29) is 5.75 Å². The summed E-state index contributed by atoms with van der Waals surface area (Å²) in [5, 5.41) is 1.78. The molecule has 0 atom stereocenters. The Morgan fingerprint density at radius 1 is 1.20 bits per heavy atom. The van der Waals surface area contributed by atoms with Crippen LogP contribution in [-0.4, -0.2) is 13.4 Å². The van der Waals surface area contributed by atoms with Gasteiger partial charge in [0.25, 0.3) is 0 Å². The monoisotopic (exact) mass is 241 g/mol. The SMILES string of the molecule is O=S(=O)(Cl)Cc1cncc2ccccc12. The lowest BCUT2D eigenvalue weighted by Gasteiger charge is -2.02. The molecule has 0 aliphatic rings. The molecule has 2 aromatic rings. The molecule has 0 amide bonds. The second-order valence-electron chi connectivity index (χ2n) is 3.20. The Kier molecular flexibility index (Phi) is 2.63. The molecule has 3 nitrogen and oxygen atoms in total. The van der Waals surface area contributed by atoms with E-state index >= 15 is 0 Å². The molecule has 2 rings (SSSR count). The highest BCUT2D eigenvalue weighted by Crippen LogP contribution is 2.20. The summed E-state index contributed by atoms with van der Waals surface area (Å²) in [5.41, 5.74) is 0.628. The summed E-state index contributed by atoms with van der Waals surface area (Å²) >= 11 is 0. The molecule has 0 bridgehead atoms. The van der Waals surface area contributed by atoms with E-state index in [1.165, 1.54) is 6.20 Å². The van der Waals surface area contributed by atoms with Gasteiger partial charge in [-0.1, -0.05) is 24.3 Å². The minimum Gasteiger partial charge on any atom is -0.264 e. The first-order valence-corrected chi connectivity index (χ1v) is 6.78. The van der Waals surface area contributed by atoms with Gasteiger partial charge in [0.05, 0.1) is 5.75 Å². The summed E-state index contributed by atoms with van der Waals surface area (Å²) in [7, 11) is 1.68. The molecule has 1 aromatic carbocycles. The van der Waals surface area contributed by atoms with Gasteiger partial charge < -0.3 is 0 Å². The maximum absolute atomic E-state index is 11.0. The number of hydrogen-bond acceptors (Lipinski definition) is 3. The van der Waals surface area contributed by atoms with Gasteiger partial charge in [0.15, 0.2) is 0 Å². The van der Waals surface area contributed by atoms with Crippen LogP contribution in [0.25, 0.3) is 10.8 Å². The second kappa shape index (κ2) is 3.79. The van der Waals surface area contributed by atoms with Crippen molar-refractivity contribution in [3.63, 3.8) is 0 Å². The van der Waals surface area contributed by atoms with E-state index in [9.17, 15) is 8.42 Å². The Morgan fingerprint density at radius 2 is 1.93 bits per heavy atom. The van der Waals surface area contributed by atoms with Gasteiger partial charge in [-0.3, -0.25) is 4.98 Å². The largest absolute Gasteiger partial charge is 0.264 e. The Bertz CT molecular complexity index is 590. The number of fused-ring (bicyclic) bond motifs is 1. The summed E-state index contributed by atoms with van der Waals surface area (Å²) in [6.45, 7) is 0. The zero-order valence-electron chi connectivity index (χ0n) is 7.72. The van der Waals surface area contributed by atoms with Crippen molar-refractivity contribution < 1.29 is 8.42 Å². The standard InChI is InChI=1S/C10H8ClNO2S/c11-15(13,14)7-9-6-12-5-8-3-1-2-4-10(8)9/h1-6H,7H2. The first kappa shape index (κ1) is 10.4. The van der Waals surface area contributed by atoms with Crippen molar-refractivity contribution >= 4 is 30.5 Å². The zero-order chi connectivity index (χ0) is 10.9. The van der Waals surface area contributed by atoms with Gasteiger partial charge in [0.2, 0.25) is 9.05 Å². The quantitative estimate of drug-likeness (QED) is 0.758. The van der Waals surface area contributed by atoms with E-state index in [0.29, 0.717) is 5.56 Å². The summed E-state index contributed by atoms with van der Waals surface area (Å²) in [6, 6.07) is 7.47. The molecule has 5 heteroatoms. The molecule has 1 aromatic heterocycles. The van der Waals surface area contributed by atoms with Crippen LogP contribution >= 0.6 is 10.7 Å². The predicted octanol–water partition coefficient (Wildman–Crippen LogP) is 2.30. The normalized spacial score (nSPS) is 11.8. The lowest BCUT2D eigenvalue weighted by molar-refractivity contribution is 0.609. The first-order valence-electron chi connectivity index (χ1n) is 4.30. The molecule has 0 spiro atoms. The van der Waals surface area contributed by atoms with Gasteiger partial charge in [-0.05, 0) is 10.9 Å². The summed E-state index contributed by atoms with van der Waals surface area (Å²) < 4.78 is 22.0. The topological polar surface area (TPSA) is 47.0 Å². The van der Waals surface area contributed by atoms with Crippen molar-refractivity contribution in [3.8, 4) is 0 Å². The predicted molar refractivity (Wildman–Crippen MR) is 60.2 cm³/mol. The Hall–Kier alpha value is -1.13. The number of halogens is 1. The number of aromatic nitrogens is 1. The Morgan fingerprint density at radius 3 is 2.67 bits per heavy atom. The van der Waals surface area contributed by atoms with Gasteiger partial charge >= 0.3 is 0 Å². The van der Waals surface area contributed by atoms with Gasteiger partial charge in [-0.2, -0.15) is 0 Å². The van der Waals surface area contributed by atoms with Crippen LogP contribution in [0.4, 0.5) is 0 Å². The van der Waals surface area contributed by atoms with Crippen LogP contribution < -0.4 is 0 Å². The maximum Gasteiger partial charge on any atom is 0.236 e. The summed E-state index contributed by atoms with van der Waals surface area (Å²) in [6.07, 6.45) is 3.22. The third-order valence-electron chi connectivity index (χ3n) is 2.08. The minimum atomic E-state index is -3.54.